The van der Waals surface area contributed by atoms with Crippen molar-refractivity contribution in [3.63, 3.8) is 0 Å². The molecule has 0 radical (unpaired) electrons. The molecule has 1 aromatic carbocycles. The maximum Gasteiger partial charge on any atom is 0.325 e. The molecule has 0 bridgehead atoms. The molecule has 134 valence electrons. The molecule has 3 rings (SSSR count). The summed E-state index contributed by atoms with van der Waals surface area (Å²) < 4.78 is 0. The molecule has 1 amide bonds. The van der Waals surface area contributed by atoms with E-state index in [2.05, 4.69) is 4.98 Å². The molecule has 0 spiro atoms. The van der Waals surface area contributed by atoms with Crippen LogP contribution in [-0.2, 0) is 16.0 Å². The number of aromatic amines is 1. The van der Waals surface area contributed by atoms with Crippen LogP contribution in [0.25, 0.3) is 10.9 Å². The highest BCUT2D eigenvalue weighted by Gasteiger charge is 2.43. The summed E-state index contributed by atoms with van der Waals surface area (Å²) in [6.07, 6.45) is 2.60. The molecule has 25 heavy (non-hydrogen) atoms. The summed E-state index contributed by atoms with van der Waals surface area (Å²) in [5.74, 6) is -1.32. The van der Waals surface area contributed by atoms with Gasteiger partial charge in [-0.2, -0.15) is 0 Å². The molecule has 1 aliphatic heterocycles. The van der Waals surface area contributed by atoms with Gasteiger partial charge in [-0.15, -0.1) is 0 Å². The van der Waals surface area contributed by atoms with E-state index in [1.807, 2.05) is 37.4 Å². The monoisotopic (exact) mass is 344 g/mol. The van der Waals surface area contributed by atoms with Gasteiger partial charge >= 0.3 is 5.97 Å². The number of hydrogen-bond acceptors (Lipinski definition) is 4. The molecule has 0 unspecified atom stereocenters. The Bertz CT molecular complexity index is 802. The molecule has 7 heteroatoms. The first-order valence-corrected chi connectivity index (χ1v) is 8.42. The van der Waals surface area contributed by atoms with E-state index >= 15 is 0 Å². The number of nitrogens with one attached hydrogen (secondary N) is 1. The first-order valence-electron chi connectivity index (χ1n) is 8.42. The van der Waals surface area contributed by atoms with Gasteiger partial charge in [-0.3, -0.25) is 9.59 Å². The van der Waals surface area contributed by atoms with Crippen molar-refractivity contribution in [3.05, 3.63) is 36.0 Å². The van der Waals surface area contributed by atoms with E-state index in [-0.39, 0.29) is 18.4 Å². The minimum absolute atomic E-state index is 0.00685. The summed E-state index contributed by atoms with van der Waals surface area (Å²) in [5, 5.41) is 10.4. The zero-order valence-corrected chi connectivity index (χ0v) is 14.2. The Labute approximate surface area is 146 Å². The topological polar surface area (TPSA) is 125 Å². The largest absolute Gasteiger partial charge is 0.480 e. The number of rotatable bonds is 4. The highest BCUT2D eigenvalue weighted by molar-refractivity contribution is 5.87. The number of hydrogen-bond donors (Lipinski definition) is 4. The van der Waals surface area contributed by atoms with E-state index in [0.717, 1.165) is 16.5 Å². The maximum absolute atomic E-state index is 12.8. The summed E-state index contributed by atoms with van der Waals surface area (Å²) in [7, 11) is 0. The summed E-state index contributed by atoms with van der Waals surface area (Å²) in [4.78, 5) is 28.9. The third-order valence-electron chi connectivity index (χ3n) is 4.89. The van der Waals surface area contributed by atoms with Gasteiger partial charge in [0.15, 0.2) is 0 Å². The molecule has 1 aromatic heterocycles. The fourth-order valence-electron chi connectivity index (χ4n) is 3.71. The van der Waals surface area contributed by atoms with E-state index in [1.54, 1.807) is 0 Å². The third kappa shape index (κ3) is 3.38. The van der Waals surface area contributed by atoms with Gasteiger partial charge < -0.3 is 26.5 Å². The number of nitrogens with zero attached hydrogens (tertiary/aromatic N) is 1. The minimum atomic E-state index is -1.41. The molecule has 1 fully saturated rings. The highest BCUT2D eigenvalue weighted by Crippen LogP contribution is 2.25. The van der Waals surface area contributed by atoms with E-state index in [0.29, 0.717) is 19.4 Å². The summed E-state index contributed by atoms with van der Waals surface area (Å²) in [6.45, 7) is 2.37. The number of amides is 1. The number of aromatic nitrogens is 1. The maximum atomic E-state index is 12.8. The number of piperidine rings is 1. The molecule has 1 saturated heterocycles. The van der Waals surface area contributed by atoms with Crippen LogP contribution in [0.1, 0.15) is 18.9 Å². The molecular formula is C18H24N4O3. The smallest absolute Gasteiger partial charge is 0.325 e. The summed E-state index contributed by atoms with van der Waals surface area (Å²) >= 11 is 0. The lowest BCUT2D eigenvalue weighted by Crippen LogP contribution is -2.64. The van der Waals surface area contributed by atoms with Crippen LogP contribution in [0.15, 0.2) is 30.5 Å². The van der Waals surface area contributed by atoms with Crippen molar-refractivity contribution >= 4 is 22.8 Å². The lowest BCUT2D eigenvalue weighted by Gasteiger charge is -2.41. The third-order valence-corrected chi connectivity index (χ3v) is 4.89. The normalized spacial score (nSPS) is 25.1. The second kappa shape index (κ2) is 6.50. The van der Waals surface area contributed by atoms with Gasteiger partial charge in [-0.25, -0.2) is 0 Å². The van der Waals surface area contributed by atoms with Gasteiger partial charge in [0, 0.05) is 30.2 Å². The average molecular weight is 344 g/mol. The van der Waals surface area contributed by atoms with Crippen molar-refractivity contribution < 1.29 is 14.7 Å². The first-order chi connectivity index (χ1) is 11.8. The van der Waals surface area contributed by atoms with Crippen molar-refractivity contribution in [3.8, 4) is 0 Å². The summed E-state index contributed by atoms with van der Waals surface area (Å²) in [6, 6.07) is 7.09. The number of aliphatic carboxylic acids is 1. The molecule has 6 N–H and O–H groups in total. The zero-order chi connectivity index (χ0) is 18.2. The highest BCUT2D eigenvalue weighted by atomic mass is 16.4. The fraction of sp³-hybridized carbons (Fsp3) is 0.444. The van der Waals surface area contributed by atoms with Crippen LogP contribution in [-0.4, -0.2) is 51.5 Å². The molecule has 7 nitrogen and oxygen atoms in total. The summed E-state index contributed by atoms with van der Waals surface area (Å²) in [5.41, 5.74) is 12.7. The number of carboxylic acids is 1. The number of fused-ring (bicyclic) bond motifs is 1. The van der Waals surface area contributed by atoms with Gasteiger partial charge in [0.05, 0.1) is 6.04 Å². The molecular weight excluding hydrogens is 320 g/mol. The Morgan fingerprint density at radius 1 is 1.44 bits per heavy atom. The Balaban J connectivity index is 1.74. The van der Waals surface area contributed by atoms with Crippen LogP contribution in [0.5, 0.6) is 0 Å². The Kier molecular flexibility index (Phi) is 4.53. The molecule has 0 aliphatic carbocycles. The fourth-order valence-corrected chi connectivity index (χ4v) is 3.71. The number of H-pyrrole nitrogens is 1. The lowest BCUT2D eigenvalue weighted by atomic mass is 9.84. The van der Waals surface area contributed by atoms with E-state index < -0.39 is 17.6 Å². The van der Waals surface area contributed by atoms with Crippen molar-refractivity contribution in [1.29, 1.82) is 0 Å². The van der Waals surface area contributed by atoms with Crippen molar-refractivity contribution in [1.82, 2.24) is 9.88 Å². The first kappa shape index (κ1) is 17.4. The average Bonchev–Trinajstić information content (AvgIpc) is 2.96. The number of nitrogens with two attached hydrogens (primary N) is 2. The van der Waals surface area contributed by atoms with E-state index in [9.17, 15) is 14.7 Å². The van der Waals surface area contributed by atoms with Gasteiger partial charge in [0.1, 0.15) is 5.54 Å². The van der Waals surface area contributed by atoms with Gasteiger partial charge in [-0.1, -0.05) is 25.1 Å². The standard InChI is InChI=1S/C18H24N4O3/c1-11-7-18(20,17(24)25)10-22(9-11)16(23)14(19)6-12-8-21-15-5-3-2-4-13(12)15/h2-5,8,11,14,21H,6-7,9-10,19-20H2,1H3,(H,24,25)/t11-,14-,18+/m0/s1. The second-order valence-electron chi connectivity index (χ2n) is 7.16. The quantitative estimate of drug-likeness (QED) is 0.649. The SMILES string of the molecule is C[C@@H]1CN(C(=O)[C@@H](N)Cc2c[nH]c3ccccc23)C[C@@](N)(C(=O)O)C1. The van der Waals surface area contributed by atoms with Crippen LogP contribution >= 0.6 is 0 Å². The van der Waals surface area contributed by atoms with Crippen LogP contribution in [0, 0.1) is 5.92 Å². The molecule has 1 aliphatic rings. The Hall–Kier alpha value is -2.38. The number of carbonyl (C=O) groups is 2. The lowest BCUT2D eigenvalue weighted by molar-refractivity contribution is -0.149. The Morgan fingerprint density at radius 2 is 2.16 bits per heavy atom. The van der Waals surface area contributed by atoms with Gasteiger partial charge in [0.2, 0.25) is 5.91 Å². The van der Waals surface area contributed by atoms with E-state index in [1.165, 1.54) is 4.90 Å². The number of carboxylic acid groups (broad SMARTS) is 1. The minimum Gasteiger partial charge on any atom is -0.480 e. The Morgan fingerprint density at radius 3 is 2.88 bits per heavy atom. The predicted octanol–water partition coefficient (Wildman–Crippen LogP) is 0.688. The number of para-hydroxylation sites is 1. The predicted molar refractivity (Wildman–Crippen MR) is 94.9 cm³/mol. The van der Waals surface area contributed by atoms with Crippen LogP contribution in [0.3, 0.4) is 0 Å². The molecule has 2 heterocycles. The zero-order valence-electron chi connectivity index (χ0n) is 14.2. The number of carbonyl (C=O) groups excluding carboxylic acids is 1. The van der Waals surface area contributed by atoms with E-state index in [4.69, 9.17) is 11.5 Å². The van der Waals surface area contributed by atoms with Crippen LogP contribution in [0.4, 0.5) is 0 Å². The molecule has 0 saturated carbocycles. The van der Waals surface area contributed by atoms with Gasteiger partial charge in [-0.05, 0) is 30.4 Å². The number of likely N-dealkylation sites (tertiary alicyclic amines) is 1. The number of benzene rings is 1. The van der Waals surface area contributed by atoms with Crippen molar-refractivity contribution in [2.45, 2.75) is 31.3 Å². The van der Waals surface area contributed by atoms with Gasteiger partial charge in [0.25, 0.3) is 0 Å². The molecule has 3 atom stereocenters. The second-order valence-corrected chi connectivity index (χ2v) is 7.16. The van der Waals surface area contributed by atoms with Crippen molar-refractivity contribution in [2.24, 2.45) is 17.4 Å². The van der Waals surface area contributed by atoms with Crippen LogP contribution < -0.4 is 11.5 Å². The van der Waals surface area contributed by atoms with Crippen molar-refractivity contribution in [2.75, 3.05) is 13.1 Å². The van der Waals surface area contributed by atoms with Crippen LogP contribution in [0.2, 0.25) is 0 Å². The molecule has 2 aromatic rings.